The second kappa shape index (κ2) is 6.87. The van der Waals surface area contributed by atoms with Crippen LogP contribution in [0.1, 0.15) is 5.56 Å². The molecule has 0 unspecified atom stereocenters. The zero-order chi connectivity index (χ0) is 18.8. The zero-order valence-corrected chi connectivity index (χ0v) is 13.7. The molecule has 4 N–H and O–H groups in total. The summed E-state index contributed by atoms with van der Waals surface area (Å²) in [5, 5.41) is 0. The van der Waals surface area contributed by atoms with Crippen molar-refractivity contribution in [1.82, 2.24) is 0 Å². The van der Waals surface area contributed by atoms with Crippen molar-refractivity contribution >= 4 is 11.4 Å². The van der Waals surface area contributed by atoms with Crippen molar-refractivity contribution in [1.29, 1.82) is 0 Å². The molecule has 3 rings (SSSR count). The van der Waals surface area contributed by atoms with E-state index >= 15 is 0 Å². The van der Waals surface area contributed by atoms with E-state index < -0.39 is 34.5 Å². The Morgan fingerprint density at radius 1 is 0.692 bits per heavy atom. The van der Waals surface area contributed by atoms with Gasteiger partial charge in [0.1, 0.15) is 11.5 Å². The van der Waals surface area contributed by atoms with Crippen molar-refractivity contribution in [2.75, 3.05) is 11.5 Å². The first-order chi connectivity index (χ1) is 12.4. The predicted octanol–water partition coefficient (Wildman–Crippen LogP) is 5.16. The average Bonchev–Trinajstić information content (AvgIpc) is 2.61. The van der Waals surface area contributed by atoms with Crippen LogP contribution in [0.15, 0.2) is 48.5 Å². The molecule has 7 heteroatoms. The van der Waals surface area contributed by atoms with E-state index in [1.807, 2.05) is 0 Å². The summed E-state index contributed by atoms with van der Waals surface area (Å²) in [6, 6.07) is 12.0. The number of halogens is 3. The third-order valence-corrected chi connectivity index (χ3v) is 3.61. The molecule has 26 heavy (non-hydrogen) atoms. The maximum Gasteiger partial charge on any atom is 0.214 e. The minimum atomic E-state index is -1.31. The Kier molecular flexibility index (Phi) is 4.62. The van der Waals surface area contributed by atoms with Crippen LogP contribution in [-0.4, -0.2) is 0 Å². The molecule has 134 valence electrons. The third kappa shape index (κ3) is 3.37. The van der Waals surface area contributed by atoms with Crippen LogP contribution < -0.4 is 20.9 Å². The van der Waals surface area contributed by atoms with Gasteiger partial charge in [-0.15, -0.1) is 0 Å². The maximum atomic E-state index is 14.8. The van der Waals surface area contributed by atoms with Crippen LogP contribution in [0.5, 0.6) is 23.0 Å². The van der Waals surface area contributed by atoms with Gasteiger partial charge in [-0.05, 0) is 31.2 Å². The van der Waals surface area contributed by atoms with Crippen LogP contribution in [-0.2, 0) is 0 Å². The monoisotopic (exact) mass is 360 g/mol. The second-order valence-electron chi connectivity index (χ2n) is 5.57. The van der Waals surface area contributed by atoms with Crippen molar-refractivity contribution in [2.24, 2.45) is 0 Å². The van der Waals surface area contributed by atoms with Crippen LogP contribution >= 0.6 is 0 Å². The zero-order valence-electron chi connectivity index (χ0n) is 13.7. The van der Waals surface area contributed by atoms with E-state index in [0.29, 0.717) is 11.4 Å². The predicted molar refractivity (Wildman–Crippen MR) is 92.9 cm³/mol. The van der Waals surface area contributed by atoms with Crippen molar-refractivity contribution < 1.29 is 22.6 Å². The molecule has 0 radical (unpaired) electrons. The molecule has 0 aliphatic heterocycles. The molecule has 0 saturated carbocycles. The van der Waals surface area contributed by atoms with Gasteiger partial charge in [0.05, 0.1) is 0 Å². The maximum absolute atomic E-state index is 14.8. The van der Waals surface area contributed by atoms with Crippen LogP contribution in [0.3, 0.4) is 0 Å². The fraction of sp³-hybridized carbons (Fsp3) is 0.0526. The molecule has 3 aromatic rings. The van der Waals surface area contributed by atoms with Gasteiger partial charge in [-0.3, -0.25) is 0 Å². The first-order valence-electron chi connectivity index (χ1n) is 7.60. The molecule has 3 aromatic carbocycles. The lowest BCUT2D eigenvalue weighted by Crippen LogP contribution is -2.03. The summed E-state index contributed by atoms with van der Waals surface area (Å²) in [5.74, 6) is -5.01. The first kappa shape index (κ1) is 17.5. The molecule has 0 aliphatic rings. The van der Waals surface area contributed by atoms with Crippen molar-refractivity contribution in [3.05, 3.63) is 71.5 Å². The van der Waals surface area contributed by atoms with Gasteiger partial charge >= 0.3 is 0 Å². The Hall–Kier alpha value is -3.35. The summed E-state index contributed by atoms with van der Waals surface area (Å²) in [7, 11) is 0. The lowest BCUT2D eigenvalue weighted by atomic mass is 10.1. The van der Waals surface area contributed by atoms with Gasteiger partial charge in [-0.2, -0.15) is 4.39 Å². The van der Waals surface area contributed by atoms with Crippen molar-refractivity contribution in [3.8, 4) is 23.0 Å². The summed E-state index contributed by atoms with van der Waals surface area (Å²) in [4.78, 5) is 0. The minimum absolute atomic E-state index is 0.101. The van der Waals surface area contributed by atoms with Gasteiger partial charge in [-0.25, -0.2) is 8.78 Å². The molecule has 0 saturated heterocycles. The van der Waals surface area contributed by atoms with Crippen LogP contribution in [0.25, 0.3) is 0 Å². The Morgan fingerprint density at radius 2 is 1.12 bits per heavy atom. The Balaban J connectivity index is 2.06. The highest BCUT2D eigenvalue weighted by molar-refractivity contribution is 5.50. The standard InChI is InChI=1S/C19H15F3N2O2/c1-10-15(20)18(25-13-6-2-4-11(23)8-13)17(22)19(16(10)21)26-14-7-3-5-12(24)9-14/h2-9H,23-24H2,1H3. The molecule has 4 nitrogen and oxygen atoms in total. The summed E-state index contributed by atoms with van der Waals surface area (Å²) in [5.41, 5.74) is 11.5. The molecule has 0 heterocycles. The Labute approximate surface area is 147 Å². The summed E-state index contributed by atoms with van der Waals surface area (Å²) < 4.78 is 54.0. The van der Waals surface area contributed by atoms with Gasteiger partial charge in [-0.1, -0.05) is 12.1 Å². The molecular formula is C19H15F3N2O2. The summed E-state index contributed by atoms with van der Waals surface area (Å²) >= 11 is 0. The van der Waals surface area contributed by atoms with E-state index in [-0.39, 0.29) is 11.5 Å². The highest BCUT2D eigenvalue weighted by Gasteiger charge is 2.26. The first-order valence-corrected chi connectivity index (χ1v) is 7.60. The molecule has 0 aromatic heterocycles. The number of hydrogen-bond acceptors (Lipinski definition) is 4. The van der Waals surface area contributed by atoms with Gasteiger partial charge in [0, 0.05) is 29.1 Å². The van der Waals surface area contributed by atoms with Crippen LogP contribution in [0, 0.1) is 24.4 Å². The van der Waals surface area contributed by atoms with Crippen LogP contribution in [0.2, 0.25) is 0 Å². The third-order valence-electron chi connectivity index (χ3n) is 3.61. The minimum Gasteiger partial charge on any atom is -0.451 e. The topological polar surface area (TPSA) is 70.5 Å². The number of benzene rings is 3. The average molecular weight is 360 g/mol. The number of ether oxygens (including phenoxy) is 2. The second-order valence-corrected chi connectivity index (χ2v) is 5.57. The lowest BCUT2D eigenvalue weighted by Gasteiger charge is -2.15. The highest BCUT2D eigenvalue weighted by atomic mass is 19.1. The molecule has 0 amide bonds. The van der Waals surface area contributed by atoms with E-state index in [4.69, 9.17) is 20.9 Å². The molecule has 0 fully saturated rings. The van der Waals surface area contributed by atoms with E-state index in [2.05, 4.69) is 0 Å². The van der Waals surface area contributed by atoms with Crippen molar-refractivity contribution in [3.63, 3.8) is 0 Å². The van der Waals surface area contributed by atoms with E-state index in [1.54, 1.807) is 24.3 Å². The Bertz CT molecular complexity index is 902. The number of anilines is 2. The van der Waals surface area contributed by atoms with Gasteiger partial charge in [0.2, 0.25) is 17.3 Å². The smallest absolute Gasteiger partial charge is 0.214 e. The normalized spacial score (nSPS) is 10.6. The number of hydrogen-bond donors (Lipinski definition) is 2. The molecule has 0 atom stereocenters. The molecule has 0 bridgehead atoms. The SMILES string of the molecule is Cc1c(F)c(Oc2cccc(N)c2)c(F)c(Oc2cccc(N)c2)c1F. The van der Waals surface area contributed by atoms with E-state index in [0.717, 1.165) is 6.92 Å². The summed E-state index contributed by atoms with van der Waals surface area (Å²) in [6.07, 6.45) is 0. The largest absolute Gasteiger partial charge is 0.451 e. The molecular weight excluding hydrogens is 345 g/mol. The number of nitrogens with two attached hydrogens (primary N) is 2. The van der Waals surface area contributed by atoms with Crippen molar-refractivity contribution in [2.45, 2.75) is 6.92 Å². The Morgan fingerprint density at radius 3 is 1.50 bits per heavy atom. The van der Waals surface area contributed by atoms with E-state index in [9.17, 15) is 13.2 Å². The van der Waals surface area contributed by atoms with E-state index in [1.165, 1.54) is 24.3 Å². The van der Waals surface area contributed by atoms with Gasteiger partial charge < -0.3 is 20.9 Å². The number of nitrogen functional groups attached to an aromatic ring is 2. The summed E-state index contributed by atoms with van der Waals surface area (Å²) in [6.45, 7) is 1.16. The molecule has 0 spiro atoms. The highest BCUT2D eigenvalue weighted by Crippen LogP contribution is 2.40. The quantitative estimate of drug-likeness (QED) is 0.631. The fourth-order valence-electron chi connectivity index (χ4n) is 2.30. The van der Waals surface area contributed by atoms with Crippen LogP contribution in [0.4, 0.5) is 24.5 Å². The van der Waals surface area contributed by atoms with Gasteiger partial charge in [0.25, 0.3) is 0 Å². The lowest BCUT2D eigenvalue weighted by molar-refractivity contribution is 0.357. The van der Waals surface area contributed by atoms with Gasteiger partial charge in [0.15, 0.2) is 11.6 Å². The number of rotatable bonds is 4. The molecule has 0 aliphatic carbocycles. The fourth-order valence-corrected chi connectivity index (χ4v) is 2.30.